The molecule has 6 saturated heterocycles. The number of unbranched alkanes of at least 4 members (excludes halogenated alkanes) is 5. The molecule has 0 aromatic carbocycles. The Balaban J connectivity index is 1.08. The molecule has 0 unspecified atom stereocenters. The smallest absolute Gasteiger partial charge is 0.217 e. The Bertz CT molecular complexity index is 1890. The van der Waals surface area contributed by atoms with E-state index in [-0.39, 0.29) is 6.61 Å². The van der Waals surface area contributed by atoms with Crippen LogP contribution in [0.4, 0.5) is 0 Å². The van der Waals surface area contributed by atoms with Gasteiger partial charge in [0.2, 0.25) is 11.8 Å². The first-order chi connectivity index (χ1) is 38.5. The van der Waals surface area contributed by atoms with Gasteiger partial charge in [0.25, 0.3) is 0 Å². The summed E-state index contributed by atoms with van der Waals surface area (Å²) in [6, 6.07) is -3.29. The molecule has 33 heteroatoms. The van der Waals surface area contributed by atoms with E-state index in [0.29, 0.717) is 6.42 Å². The molecule has 0 radical (unpaired) electrons. The Morgan fingerprint density at radius 1 is 0.358 bits per heavy atom. The van der Waals surface area contributed by atoms with Crippen LogP contribution in [0.15, 0.2) is 0 Å². The van der Waals surface area contributed by atoms with E-state index in [4.69, 9.17) is 56.8 Å². The van der Waals surface area contributed by atoms with Crippen LogP contribution in [0.2, 0.25) is 0 Å². The number of aliphatic hydroxyl groups excluding tert-OH is 17. The van der Waals surface area contributed by atoms with Gasteiger partial charge in [-0.2, -0.15) is 0 Å². The van der Waals surface area contributed by atoms with Crippen LogP contribution < -0.4 is 10.6 Å². The number of aliphatic hydroxyl groups is 17. The van der Waals surface area contributed by atoms with E-state index in [0.717, 1.165) is 46.0 Å². The molecule has 472 valence electrons. The molecular weight excluding hydrogens is 1100 g/mol. The number of hydrogen-bond donors (Lipinski definition) is 19. The summed E-state index contributed by atoms with van der Waals surface area (Å²) in [7, 11) is 0. The summed E-state index contributed by atoms with van der Waals surface area (Å²) in [6.45, 7) is -0.760. The van der Waals surface area contributed by atoms with Crippen molar-refractivity contribution in [2.24, 2.45) is 0 Å². The molecule has 6 fully saturated rings. The third-order valence-corrected chi connectivity index (χ3v) is 15.0. The van der Waals surface area contributed by atoms with Gasteiger partial charge in [-0.15, -0.1) is 0 Å². The molecule has 0 aliphatic carbocycles. The van der Waals surface area contributed by atoms with Crippen LogP contribution in [0.5, 0.6) is 0 Å². The van der Waals surface area contributed by atoms with E-state index in [1.807, 2.05) is 0 Å². The van der Waals surface area contributed by atoms with Crippen molar-refractivity contribution in [2.75, 3.05) is 46.2 Å². The molecule has 6 aliphatic rings. The first kappa shape index (κ1) is 67.9. The molecule has 0 bridgehead atoms. The average Bonchev–Trinajstić information content (AvgIpc) is 3.60. The van der Waals surface area contributed by atoms with Crippen molar-refractivity contribution >= 4 is 11.8 Å². The molecule has 6 aliphatic heterocycles. The quantitative estimate of drug-likeness (QED) is 0.0358. The van der Waals surface area contributed by atoms with Crippen molar-refractivity contribution < 1.29 is 153 Å². The first-order valence-electron chi connectivity index (χ1n) is 27.1. The molecular formula is C48H84N2O31. The highest BCUT2D eigenvalue weighted by molar-refractivity contribution is 5.73. The molecule has 33 nitrogen and oxygen atoms in total. The van der Waals surface area contributed by atoms with E-state index in [9.17, 15) is 96.4 Å². The maximum absolute atomic E-state index is 12.5. The van der Waals surface area contributed by atoms with Crippen molar-refractivity contribution in [1.82, 2.24) is 10.6 Å². The van der Waals surface area contributed by atoms with Crippen LogP contribution in [-0.2, 0) is 66.4 Å². The van der Waals surface area contributed by atoms with Crippen LogP contribution in [0, 0.1) is 0 Å². The summed E-state index contributed by atoms with van der Waals surface area (Å²) in [5, 5.41) is 188. The molecule has 81 heavy (non-hydrogen) atoms. The van der Waals surface area contributed by atoms with E-state index in [1.54, 1.807) is 0 Å². The second kappa shape index (κ2) is 31.4. The van der Waals surface area contributed by atoms with Crippen molar-refractivity contribution in [3.05, 3.63) is 0 Å². The topological polar surface area (TPSA) is 513 Å². The lowest BCUT2D eigenvalue weighted by molar-refractivity contribution is -0.377. The Morgan fingerprint density at radius 2 is 0.691 bits per heavy atom. The number of rotatable bonds is 26. The standard InChI is InChI=1S/C48H84N2O31/c1-4-5-6-7-8-9-10-70-45-36(66)33(63)29(59)24(77-45)16-72-46-37(67)34(64)28(58)23(78-46)15-71-43-25(49-17(2)55)30(60)40(20(12-52)74-43)81-48-39(69)35(65)42(22(14-54)76-48)79-44-26(50-18(3)56)31(61)41(21(13-53)75-44)80-47-38(68)32(62)27(57)19(11-51)73-47/h19-48,51-54,57-69H,4-16H2,1-3H3,(H,49,55)(H,50,56)/t19-,20-,21-,22-,23-,24-,25-,26-,27+,28-,29-,30-,31-,32+,33+,34+,35-,36+,37+,38-,39-,40-,41-,42+,43-,44+,45-,46+,47+,48+/m1/s1. The molecule has 6 heterocycles. The predicted molar refractivity (Wildman–Crippen MR) is 259 cm³/mol. The zero-order chi connectivity index (χ0) is 59.6. The molecule has 0 aromatic rings. The van der Waals surface area contributed by atoms with Gasteiger partial charge in [-0.05, 0) is 6.42 Å². The van der Waals surface area contributed by atoms with E-state index in [1.165, 1.54) is 0 Å². The van der Waals surface area contributed by atoms with E-state index in [2.05, 4.69) is 17.6 Å². The molecule has 19 N–H and O–H groups in total. The van der Waals surface area contributed by atoms with E-state index >= 15 is 0 Å². The van der Waals surface area contributed by atoms with Crippen molar-refractivity contribution in [3.8, 4) is 0 Å². The highest BCUT2D eigenvalue weighted by Gasteiger charge is 2.57. The van der Waals surface area contributed by atoms with Gasteiger partial charge in [-0.25, -0.2) is 0 Å². The van der Waals surface area contributed by atoms with Gasteiger partial charge >= 0.3 is 0 Å². The maximum atomic E-state index is 12.5. The fraction of sp³-hybridized carbons (Fsp3) is 0.958. The highest BCUT2D eigenvalue weighted by Crippen LogP contribution is 2.36. The van der Waals surface area contributed by atoms with Gasteiger partial charge in [0.05, 0.1) is 39.6 Å². The fourth-order valence-corrected chi connectivity index (χ4v) is 10.3. The van der Waals surface area contributed by atoms with Gasteiger partial charge in [0, 0.05) is 20.5 Å². The van der Waals surface area contributed by atoms with Crippen LogP contribution in [-0.4, -0.2) is 329 Å². The summed E-state index contributed by atoms with van der Waals surface area (Å²) >= 11 is 0. The average molecular weight is 1190 g/mol. The van der Waals surface area contributed by atoms with Gasteiger partial charge in [0.15, 0.2) is 37.7 Å². The third kappa shape index (κ3) is 16.5. The second-order valence-electron chi connectivity index (χ2n) is 20.9. The van der Waals surface area contributed by atoms with Crippen LogP contribution in [0.3, 0.4) is 0 Å². The van der Waals surface area contributed by atoms with Crippen LogP contribution in [0.1, 0.15) is 59.3 Å². The zero-order valence-electron chi connectivity index (χ0n) is 44.8. The summed E-state index contributed by atoms with van der Waals surface area (Å²) in [4.78, 5) is 24.9. The number of hydrogen-bond acceptors (Lipinski definition) is 31. The summed E-state index contributed by atoms with van der Waals surface area (Å²) < 4.78 is 69.1. The van der Waals surface area contributed by atoms with Gasteiger partial charge in [-0.3, -0.25) is 9.59 Å². The lowest BCUT2D eigenvalue weighted by atomic mass is 9.94. The molecule has 30 atom stereocenters. The van der Waals surface area contributed by atoms with Crippen LogP contribution in [0.25, 0.3) is 0 Å². The Hall–Kier alpha value is -2.22. The minimum Gasteiger partial charge on any atom is -0.394 e. The zero-order valence-corrected chi connectivity index (χ0v) is 44.8. The van der Waals surface area contributed by atoms with Gasteiger partial charge < -0.3 is 154 Å². The maximum Gasteiger partial charge on any atom is 0.217 e. The SMILES string of the molecule is CCCCCCCCO[C@@H]1O[C@H](CO[C@H]2O[C@H](CO[C@@H]3O[C@H](CO)[C@@H](O[C@@H]4O[C@H](CO)[C@H](O[C@@H]5O[C@H](CO)[C@@H](O[C@@H]6O[C@H](CO)[C@H](O)[C@H](O)[C@H]6O)[C@H](O)[C@H]5NC(C)=O)[C@H](O)[C@H]4O)[C@H](O)[C@H]3NC(C)=O)[C@@H](O)[C@H](O)[C@@H]2O)[C@@H](O)[C@H](O)[C@@H]1O. The largest absolute Gasteiger partial charge is 0.394 e. The molecule has 2 amide bonds. The second-order valence-corrected chi connectivity index (χ2v) is 20.9. The fourth-order valence-electron chi connectivity index (χ4n) is 10.3. The van der Waals surface area contributed by atoms with Crippen molar-refractivity contribution in [2.45, 2.75) is 243 Å². The molecule has 0 spiro atoms. The number of ether oxygens (including phenoxy) is 12. The highest BCUT2D eigenvalue weighted by atomic mass is 16.8. The number of nitrogens with one attached hydrogen (secondary N) is 2. The predicted octanol–water partition coefficient (Wildman–Crippen LogP) is -10.4. The molecule has 6 rings (SSSR count). The Labute approximate surface area is 464 Å². The lowest BCUT2D eigenvalue weighted by Crippen LogP contribution is -2.70. The summed E-state index contributed by atoms with van der Waals surface area (Å²) in [6.07, 6.45) is -44.1. The Kier molecular flexibility index (Phi) is 26.3. The van der Waals surface area contributed by atoms with Crippen molar-refractivity contribution in [3.63, 3.8) is 0 Å². The van der Waals surface area contributed by atoms with Crippen LogP contribution >= 0.6 is 0 Å². The third-order valence-electron chi connectivity index (χ3n) is 15.0. The lowest BCUT2D eigenvalue weighted by Gasteiger charge is -2.50. The van der Waals surface area contributed by atoms with E-state index < -0.39 is 236 Å². The minimum absolute atomic E-state index is 0.176. The summed E-state index contributed by atoms with van der Waals surface area (Å²) in [5.74, 6) is -1.56. The first-order valence-corrected chi connectivity index (χ1v) is 27.1. The van der Waals surface area contributed by atoms with Gasteiger partial charge in [-0.1, -0.05) is 39.0 Å². The minimum atomic E-state index is -2.17. The summed E-state index contributed by atoms with van der Waals surface area (Å²) in [5.41, 5.74) is 0. The normalized spacial score (nSPS) is 46.0. The molecule has 0 aromatic heterocycles. The number of amides is 2. The number of carbonyl (C=O) groups is 2. The monoisotopic (exact) mass is 1180 g/mol. The Morgan fingerprint density at radius 3 is 1.16 bits per heavy atom. The number of carbonyl (C=O) groups excluding carboxylic acids is 2. The van der Waals surface area contributed by atoms with Crippen molar-refractivity contribution in [1.29, 1.82) is 0 Å². The molecule has 0 saturated carbocycles. The van der Waals surface area contributed by atoms with Gasteiger partial charge in [0.1, 0.15) is 146 Å².